The third kappa shape index (κ3) is 4.47. The van der Waals surface area contributed by atoms with E-state index in [1.54, 1.807) is 0 Å². The third-order valence-corrected chi connectivity index (χ3v) is 2.84. The highest BCUT2D eigenvalue weighted by molar-refractivity contribution is 5.80. The van der Waals surface area contributed by atoms with Crippen molar-refractivity contribution >= 4 is 11.6 Å². The Hall–Kier alpha value is -2.29. The molecule has 0 atom stereocenters. The molecule has 0 fully saturated rings. The van der Waals surface area contributed by atoms with Crippen molar-refractivity contribution in [2.45, 2.75) is 13.5 Å². The fourth-order valence-electron chi connectivity index (χ4n) is 1.71. The summed E-state index contributed by atoms with van der Waals surface area (Å²) in [5.74, 6) is -0.00979. The first-order chi connectivity index (χ1) is 9.24. The first-order valence-electron chi connectivity index (χ1n) is 6.35. The topological polar surface area (TPSA) is 41.1 Å². The summed E-state index contributed by atoms with van der Waals surface area (Å²) in [5, 5.41) is 5.98. The van der Waals surface area contributed by atoms with Crippen molar-refractivity contribution in [1.82, 2.24) is 5.32 Å². The van der Waals surface area contributed by atoms with Crippen LogP contribution in [0.3, 0.4) is 0 Å². The number of hydrogen-bond donors (Lipinski definition) is 2. The van der Waals surface area contributed by atoms with Gasteiger partial charge < -0.3 is 10.6 Å². The second-order valence-electron chi connectivity index (χ2n) is 4.48. The van der Waals surface area contributed by atoms with Crippen LogP contribution in [0.4, 0.5) is 5.69 Å². The van der Waals surface area contributed by atoms with Crippen LogP contribution in [0, 0.1) is 6.92 Å². The zero-order chi connectivity index (χ0) is 13.5. The van der Waals surface area contributed by atoms with E-state index < -0.39 is 0 Å². The van der Waals surface area contributed by atoms with Gasteiger partial charge in [-0.3, -0.25) is 4.79 Å². The van der Waals surface area contributed by atoms with Gasteiger partial charge in [-0.15, -0.1) is 0 Å². The van der Waals surface area contributed by atoms with Gasteiger partial charge in [-0.25, -0.2) is 0 Å². The van der Waals surface area contributed by atoms with Gasteiger partial charge in [-0.2, -0.15) is 0 Å². The van der Waals surface area contributed by atoms with Gasteiger partial charge in [0.25, 0.3) is 0 Å². The molecule has 0 unspecified atom stereocenters. The van der Waals surface area contributed by atoms with Crippen molar-refractivity contribution in [1.29, 1.82) is 0 Å². The molecular formula is C16H18N2O. The predicted octanol–water partition coefficient (Wildman–Crippen LogP) is 2.72. The molecular weight excluding hydrogens is 236 g/mol. The molecule has 2 aromatic carbocycles. The highest BCUT2D eigenvalue weighted by atomic mass is 16.1. The Morgan fingerprint density at radius 2 is 1.68 bits per heavy atom. The van der Waals surface area contributed by atoms with Gasteiger partial charge in [0.15, 0.2) is 0 Å². The SMILES string of the molecule is Cc1ccc(NCC(=O)NCc2ccccc2)cc1. The second kappa shape index (κ2) is 6.59. The van der Waals surface area contributed by atoms with E-state index in [2.05, 4.69) is 10.6 Å². The Balaban J connectivity index is 1.74. The van der Waals surface area contributed by atoms with Crippen molar-refractivity contribution in [3.63, 3.8) is 0 Å². The molecule has 0 bridgehead atoms. The maximum Gasteiger partial charge on any atom is 0.239 e. The molecule has 2 aromatic rings. The number of benzene rings is 2. The summed E-state index contributed by atoms with van der Waals surface area (Å²) in [6, 6.07) is 17.9. The Morgan fingerprint density at radius 1 is 1.00 bits per heavy atom. The monoisotopic (exact) mass is 254 g/mol. The number of amides is 1. The third-order valence-electron chi connectivity index (χ3n) is 2.84. The minimum absolute atomic E-state index is 0.00979. The van der Waals surface area contributed by atoms with E-state index >= 15 is 0 Å². The molecule has 0 spiro atoms. The van der Waals surface area contributed by atoms with Gasteiger partial charge in [-0.1, -0.05) is 48.0 Å². The molecule has 3 heteroatoms. The summed E-state index contributed by atoms with van der Waals surface area (Å²) in [6.07, 6.45) is 0. The molecule has 0 aliphatic heterocycles. The van der Waals surface area contributed by atoms with Crippen molar-refractivity contribution < 1.29 is 4.79 Å². The molecule has 0 heterocycles. The standard InChI is InChI=1S/C16H18N2O/c1-13-7-9-15(10-8-13)17-12-16(19)18-11-14-5-3-2-4-6-14/h2-10,17H,11-12H2,1H3,(H,18,19). The molecule has 1 amide bonds. The van der Waals surface area contributed by atoms with Gasteiger partial charge in [0, 0.05) is 12.2 Å². The van der Waals surface area contributed by atoms with E-state index in [1.807, 2.05) is 61.5 Å². The summed E-state index contributed by atoms with van der Waals surface area (Å²) in [4.78, 5) is 11.7. The summed E-state index contributed by atoms with van der Waals surface area (Å²) < 4.78 is 0. The summed E-state index contributed by atoms with van der Waals surface area (Å²) >= 11 is 0. The molecule has 3 nitrogen and oxygen atoms in total. The Bertz CT molecular complexity index is 520. The number of anilines is 1. The molecule has 0 radical (unpaired) electrons. The molecule has 2 N–H and O–H groups in total. The minimum Gasteiger partial charge on any atom is -0.376 e. The summed E-state index contributed by atoms with van der Waals surface area (Å²) in [5.41, 5.74) is 3.27. The maximum atomic E-state index is 11.7. The molecule has 0 aromatic heterocycles. The average Bonchev–Trinajstić information content (AvgIpc) is 2.45. The number of aryl methyl sites for hydroxylation is 1. The van der Waals surface area contributed by atoms with Crippen molar-refractivity contribution in [3.05, 3.63) is 65.7 Å². The van der Waals surface area contributed by atoms with Crippen LogP contribution < -0.4 is 10.6 Å². The molecule has 0 saturated carbocycles. The largest absolute Gasteiger partial charge is 0.376 e. The van der Waals surface area contributed by atoms with E-state index in [0.29, 0.717) is 6.54 Å². The number of hydrogen-bond acceptors (Lipinski definition) is 2. The Kier molecular flexibility index (Phi) is 4.56. The van der Waals surface area contributed by atoms with Crippen LogP contribution in [0.15, 0.2) is 54.6 Å². The Labute approximate surface area is 113 Å². The van der Waals surface area contributed by atoms with Gasteiger partial charge in [0.1, 0.15) is 0 Å². The first-order valence-corrected chi connectivity index (χ1v) is 6.35. The minimum atomic E-state index is -0.00979. The van der Waals surface area contributed by atoms with Crippen LogP contribution in [0.1, 0.15) is 11.1 Å². The number of carbonyl (C=O) groups is 1. The maximum absolute atomic E-state index is 11.7. The normalized spacial score (nSPS) is 9.95. The van der Waals surface area contributed by atoms with Crippen molar-refractivity contribution in [2.24, 2.45) is 0 Å². The molecule has 0 saturated heterocycles. The van der Waals surface area contributed by atoms with E-state index in [-0.39, 0.29) is 12.5 Å². The van der Waals surface area contributed by atoms with Gasteiger partial charge in [0.05, 0.1) is 6.54 Å². The highest BCUT2D eigenvalue weighted by Gasteiger charge is 2.00. The van der Waals surface area contributed by atoms with E-state index in [4.69, 9.17) is 0 Å². The van der Waals surface area contributed by atoms with Crippen LogP contribution in [-0.2, 0) is 11.3 Å². The van der Waals surface area contributed by atoms with Crippen LogP contribution in [0.2, 0.25) is 0 Å². The zero-order valence-electron chi connectivity index (χ0n) is 11.0. The number of nitrogens with one attached hydrogen (secondary N) is 2. The lowest BCUT2D eigenvalue weighted by molar-refractivity contribution is -0.119. The second-order valence-corrected chi connectivity index (χ2v) is 4.48. The molecule has 0 aliphatic rings. The lowest BCUT2D eigenvalue weighted by atomic mass is 10.2. The van der Waals surface area contributed by atoms with E-state index in [9.17, 15) is 4.79 Å². The lowest BCUT2D eigenvalue weighted by Gasteiger charge is -2.08. The fourth-order valence-corrected chi connectivity index (χ4v) is 1.71. The van der Waals surface area contributed by atoms with Crippen LogP contribution in [0.5, 0.6) is 0 Å². The van der Waals surface area contributed by atoms with Crippen LogP contribution in [-0.4, -0.2) is 12.5 Å². The van der Waals surface area contributed by atoms with E-state index in [1.165, 1.54) is 5.56 Å². The average molecular weight is 254 g/mol. The first kappa shape index (κ1) is 13.1. The summed E-state index contributed by atoms with van der Waals surface area (Å²) in [7, 11) is 0. The van der Waals surface area contributed by atoms with Crippen molar-refractivity contribution in [2.75, 3.05) is 11.9 Å². The van der Waals surface area contributed by atoms with Crippen LogP contribution >= 0.6 is 0 Å². The molecule has 2 rings (SSSR count). The smallest absolute Gasteiger partial charge is 0.239 e. The number of carbonyl (C=O) groups excluding carboxylic acids is 1. The van der Waals surface area contributed by atoms with Gasteiger partial charge in [-0.05, 0) is 24.6 Å². The quantitative estimate of drug-likeness (QED) is 0.861. The van der Waals surface area contributed by atoms with Gasteiger partial charge >= 0.3 is 0 Å². The summed E-state index contributed by atoms with van der Waals surface area (Å²) in [6.45, 7) is 2.89. The molecule has 0 aliphatic carbocycles. The lowest BCUT2D eigenvalue weighted by Crippen LogP contribution is -2.29. The zero-order valence-corrected chi connectivity index (χ0v) is 11.0. The predicted molar refractivity (Wildman–Crippen MR) is 78.0 cm³/mol. The van der Waals surface area contributed by atoms with Gasteiger partial charge in [0.2, 0.25) is 5.91 Å². The molecule has 98 valence electrons. The highest BCUT2D eigenvalue weighted by Crippen LogP contribution is 2.07. The molecule has 19 heavy (non-hydrogen) atoms. The van der Waals surface area contributed by atoms with Crippen LogP contribution in [0.25, 0.3) is 0 Å². The van der Waals surface area contributed by atoms with E-state index in [0.717, 1.165) is 11.3 Å². The van der Waals surface area contributed by atoms with Crippen molar-refractivity contribution in [3.8, 4) is 0 Å². The number of rotatable bonds is 5. The fraction of sp³-hybridized carbons (Fsp3) is 0.188. The Morgan fingerprint density at radius 3 is 2.37 bits per heavy atom.